The maximum absolute atomic E-state index is 14.7. The molecular weight excluding hydrogens is 399 g/mol. The number of para-hydroxylation sites is 1. The summed E-state index contributed by atoms with van der Waals surface area (Å²) in [7, 11) is 1.73. The van der Waals surface area contributed by atoms with E-state index in [1.54, 1.807) is 42.3 Å². The molecule has 0 aliphatic rings. The lowest BCUT2D eigenvalue weighted by Gasteiger charge is -2.20. The Labute approximate surface area is 179 Å². The zero-order valence-corrected chi connectivity index (χ0v) is 17.4. The van der Waals surface area contributed by atoms with Gasteiger partial charge in [-0.2, -0.15) is 0 Å². The molecule has 0 fully saturated rings. The van der Waals surface area contributed by atoms with Gasteiger partial charge < -0.3 is 4.90 Å². The van der Waals surface area contributed by atoms with Crippen LogP contribution in [0.25, 0.3) is 22.0 Å². The van der Waals surface area contributed by atoms with E-state index in [0.717, 1.165) is 10.9 Å². The van der Waals surface area contributed by atoms with Crippen molar-refractivity contribution in [3.05, 3.63) is 100 Å². The molecule has 3 nitrogen and oxygen atoms in total. The van der Waals surface area contributed by atoms with Crippen LogP contribution >= 0.6 is 11.6 Å². The van der Waals surface area contributed by atoms with Gasteiger partial charge in [0.1, 0.15) is 11.5 Å². The lowest BCUT2D eigenvalue weighted by atomic mass is 9.94. The van der Waals surface area contributed by atoms with Crippen LogP contribution in [0.2, 0.25) is 5.02 Å². The minimum absolute atomic E-state index is 0.217. The summed E-state index contributed by atoms with van der Waals surface area (Å²) in [4.78, 5) is 19.5. The first-order chi connectivity index (χ1) is 14.5. The molecule has 0 saturated heterocycles. The number of hydrogen-bond acceptors (Lipinski definition) is 2. The molecule has 30 heavy (non-hydrogen) atoms. The molecule has 0 aliphatic heterocycles. The van der Waals surface area contributed by atoms with Gasteiger partial charge in [-0.15, -0.1) is 0 Å². The number of aromatic nitrogens is 1. The Kier molecular flexibility index (Phi) is 5.51. The number of carbonyl (C=O) groups excluding carboxylic acids is 1. The summed E-state index contributed by atoms with van der Waals surface area (Å²) >= 11 is 5.95. The van der Waals surface area contributed by atoms with Gasteiger partial charge in [0.2, 0.25) is 0 Å². The Morgan fingerprint density at radius 1 is 1.00 bits per heavy atom. The van der Waals surface area contributed by atoms with Gasteiger partial charge in [0.05, 0.1) is 5.52 Å². The number of hydrogen-bond donors (Lipinski definition) is 0. The van der Waals surface area contributed by atoms with E-state index in [4.69, 9.17) is 11.6 Å². The normalized spacial score (nSPS) is 10.9. The topological polar surface area (TPSA) is 33.2 Å². The third-order valence-corrected chi connectivity index (χ3v) is 5.41. The molecule has 0 N–H and O–H groups in total. The second-order valence-corrected chi connectivity index (χ2v) is 7.68. The monoisotopic (exact) mass is 418 g/mol. The number of carbonyl (C=O) groups is 1. The Hall–Kier alpha value is -3.24. The average molecular weight is 419 g/mol. The van der Waals surface area contributed by atoms with Crippen molar-refractivity contribution in [2.75, 3.05) is 7.05 Å². The third-order valence-electron chi connectivity index (χ3n) is 5.16. The molecule has 0 saturated carbocycles. The lowest BCUT2D eigenvalue weighted by molar-refractivity contribution is 0.0779. The van der Waals surface area contributed by atoms with Crippen LogP contribution in [0, 0.1) is 12.7 Å². The van der Waals surface area contributed by atoms with Crippen molar-refractivity contribution in [3.8, 4) is 11.1 Å². The molecule has 0 bridgehead atoms. The number of amides is 1. The van der Waals surface area contributed by atoms with E-state index < -0.39 is 0 Å². The van der Waals surface area contributed by atoms with Crippen LogP contribution in [-0.4, -0.2) is 22.8 Å². The fraction of sp³-hybridized carbons (Fsp3) is 0.120. The first kappa shape index (κ1) is 20.0. The van der Waals surface area contributed by atoms with Crippen LogP contribution in [-0.2, 0) is 6.54 Å². The Morgan fingerprint density at radius 2 is 1.67 bits per heavy atom. The molecule has 0 spiro atoms. The van der Waals surface area contributed by atoms with Gasteiger partial charge in [-0.25, -0.2) is 9.37 Å². The van der Waals surface area contributed by atoms with Crippen LogP contribution in [0.1, 0.15) is 21.6 Å². The number of nitrogens with zero attached hydrogens (tertiary/aromatic N) is 2. The van der Waals surface area contributed by atoms with Gasteiger partial charge in [0.25, 0.3) is 5.91 Å². The molecule has 1 heterocycles. The summed E-state index contributed by atoms with van der Waals surface area (Å²) in [5, 5.41) is 1.46. The van der Waals surface area contributed by atoms with Crippen molar-refractivity contribution in [1.82, 2.24) is 9.88 Å². The van der Waals surface area contributed by atoms with E-state index in [0.29, 0.717) is 39.5 Å². The maximum atomic E-state index is 14.7. The summed E-state index contributed by atoms with van der Waals surface area (Å²) < 4.78 is 14.7. The summed E-state index contributed by atoms with van der Waals surface area (Å²) in [5.74, 6) is -0.546. The van der Waals surface area contributed by atoms with Crippen molar-refractivity contribution < 1.29 is 9.18 Å². The highest BCUT2D eigenvalue weighted by molar-refractivity contribution is 6.30. The summed E-state index contributed by atoms with van der Waals surface area (Å²) in [5.41, 5.74) is 3.76. The van der Waals surface area contributed by atoms with E-state index in [9.17, 15) is 9.18 Å². The SMILES string of the molecule is Cc1c(C(=O)N(C)Cc2ccc(Cl)cc2)nc2ccccc2c1-c1ccccc1F. The maximum Gasteiger partial charge on any atom is 0.272 e. The minimum atomic E-state index is -0.329. The zero-order valence-electron chi connectivity index (χ0n) is 16.7. The number of fused-ring (bicyclic) bond motifs is 1. The molecule has 0 unspecified atom stereocenters. The first-order valence-corrected chi connectivity index (χ1v) is 9.97. The van der Waals surface area contributed by atoms with Gasteiger partial charge in [0.15, 0.2) is 0 Å². The molecule has 5 heteroatoms. The van der Waals surface area contributed by atoms with Crippen molar-refractivity contribution in [3.63, 3.8) is 0 Å². The number of halogens is 2. The number of rotatable bonds is 4. The van der Waals surface area contributed by atoms with Crippen LogP contribution in [0.5, 0.6) is 0 Å². The second-order valence-electron chi connectivity index (χ2n) is 7.25. The van der Waals surface area contributed by atoms with Crippen LogP contribution in [0.3, 0.4) is 0 Å². The highest BCUT2D eigenvalue weighted by atomic mass is 35.5. The fourth-order valence-corrected chi connectivity index (χ4v) is 3.77. The average Bonchev–Trinajstić information content (AvgIpc) is 2.75. The van der Waals surface area contributed by atoms with Gasteiger partial charge in [-0.05, 0) is 47.9 Å². The Morgan fingerprint density at radius 3 is 2.40 bits per heavy atom. The van der Waals surface area contributed by atoms with Crippen molar-refractivity contribution in [2.45, 2.75) is 13.5 Å². The van der Waals surface area contributed by atoms with Crippen LogP contribution < -0.4 is 0 Å². The van der Waals surface area contributed by atoms with Gasteiger partial charge in [-0.1, -0.05) is 60.1 Å². The first-order valence-electron chi connectivity index (χ1n) is 9.60. The smallest absolute Gasteiger partial charge is 0.272 e. The standard InChI is InChI=1S/C25H20ClFN2O/c1-16-23(19-7-3-5-9-21(19)27)20-8-4-6-10-22(20)28-24(16)25(30)29(2)15-17-11-13-18(26)14-12-17/h3-14H,15H2,1-2H3. The molecular formula is C25H20ClFN2O. The van der Waals surface area contributed by atoms with E-state index in [2.05, 4.69) is 4.98 Å². The Bertz CT molecular complexity index is 1240. The van der Waals surface area contributed by atoms with Crippen molar-refractivity contribution in [2.24, 2.45) is 0 Å². The highest BCUT2D eigenvalue weighted by Gasteiger charge is 2.22. The van der Waals surface area contributed by atoms with Gasteiger partial charge >= 0.3 is 0 Å². The molecule has 0 radical (unpaired) electrons. The van der Waals surface area contributed by atoms with Crippen molar-refractivity contribution in [1.29, 1.82) is 0 Å². The highest BCUT2D eigenvalue weighted by Crippen LogP contribution is 2.34. The quantitative estimate of drug-likeness (QED) is 0.391. The molecule has 4 rings (SSSR count). The molecule has 1 amide bonds. The van der Waals surface area contributed by atoms with Crippen molar-refractivity contribution >= 4 is 28.4 Å². The molecule has 1 aromatic heterocycles. The van der Waals surface area contributed by atoms with Gasteiger partial charge in [-0.3, -0.25) is 4.79 Å². The molecule has 0 atom stereocenters. The molecule has 3 aromatic carbocycles. The number of pyridine rings is 1. The number of benzene rings is 3. The van der Waals surface area contributed by atoms with Gasteiger partial charge in [0, 0.05) is 29.6 Å². The van der Waals surface area contributed by atoms with E-state index >= 15 is 0 Å². The molecule has 4 aromatic rings. The molecule has 0 aliphatic carbocycles. The summed E-state index contributed by atoms with van der Waals surface area (Å²) in [6.45, 7) is 2.24. The predicted molar refractivity (Wildman–Crippen MR) is 119 cm³/mol. The van der Waals surface area contributed by atoms with Crippen LogP contribution in [0.4, 0.5) is 4.39 Å². The second kappa shape index (κ2) is 8.25. The predicted octanol–water partition coefficient (Wildman–Crippen LogP) is 6.27. The van der Waals surface area contributed by atoms with E-state index in [1.807, 2.05) is 43.3 Å². The van der Waals surface area contributed by atoms with E-state index in [1.165, 1.54) is 6.07 Å². The minimum Gasteiger partial charge on any atom is -0.336 e. The summed E-state index contributed by atoms with van der Waals surface area (Å²) in [6, 6.07) is 21.5. The van der Waals surface area contributed by atoms with Crippen LogP contribution in [0.15, 0.2) is 72.8 Å². The van der Waals surface area contributed by atoms with E-state index in [-0.39, 0.29) is 11.7 Å². The third kappa shape index (κ3) is 3.79. The fourth-order valence-electron chi connectivity index (χ4n) is 3.64. The summed E-state index contributed by atoms with van der Waals surface area (Å²) in [6.07, 6.45) is 0. The molecule has 150 valence electrons. The Balaban J connectivity index is 1.81. The zero-order chi connectivity index (χ0) is 21.3. The lowest BCUT2D eigenvalue weighted by Crippen LogP contribution is -2.28. The largest absolute Gasteiger partial charge is 0.336 e.